The highest BCUT2D eigenvalue weighted by atomic mass is 16.4. The molecule has 1 aromatic carbocycles. The Balaban J connectivity index is 1.95. The van der Waals surface area contributed by atoms with Gasteiger partial charge in [-0.3, -0.25) is 10.1 Å². The molecule has 7 nitrogen and oxygen atoms in total. The molecule has 0 radical (unpaired) electrons. The van der Waals surface area contributed by atoms with Crippen LogP contribution in [0.1, 0.15) is 21.7 Å². The summed E-state index contributed by atoms with van der Waals surface area (Å²) >= 11 is 0. The van der Waals surface area contributed by atoms with Gasteiger partial charge in [0, 0.05) is 11.6 Å². The highest BCUT2D eigenvalue weighted by Gasteiger charge is 2.23. The minimum atomic E-state index is -1.02. The first kappa shape index (κ1) is 14.6. The van der Waals surface area contributed by atoms with Gasteiger partial charge in [-0.05, 0) is 36.8 Å². The molecule has 2 aromatic rings. The summed E-state index contributed by atoms with van der Waals surface area (Å²) in [6.07, 6.45) is 1.40. The van der Waals surface area contributed by atoms with Crippen LogP contribution in [0.25, 0.3) is 17.4 Å². The number of carboxylic acid groups (broad SMARTS) is 1. The maximum atomic E-state index is 11.5. The third kappa shape index (κ3) is 2.84. The van der Waals surface area contributed by atoms with Crippen LogP contribution in [0.15, 0.2) is 40.4 Å². The monoisotopic (exact) mass is 312 g/mol. The summed E-state index contributed by atoms with van der Waals surface area (Å²) in [5.74, 6) is -0.711. The fraction of sp³-hybridized carbons (Fsp3) is 0.0625. The molecule has 1 saturated heterocycles. The quantitative estimate of drug-likeness (QED) is 0.594. The molecule has 0 spiro atoms. The lowest BCUT2D eigenvalue weighted by molar-refractivity contribution is -0.115. The van der Waals surface area contributed by atoms with Gasteiger partial charge in [0.05, 0.1) is 5.56 Å². The number of carbonyl (C=O) groups is 3. The molecule has 1 aliphatic heterocycles. The number of carbonyl (C=O) groups excluding carboxylic acids is 2. The first-order valence-electron chi connectivity index (χ1n) is 6.72. The summed E-state index contributed by atoms with van der Waals surface area (Å²) in [6, 6.07) is 7.47. The molecule has 0 saturated carbocycles. The van der Waals surface area contributed by atoms with Crippen LogP contribution in [0.4, 0.5) is 4.79 Å². The van der Waals surface area contributed by atoms with E-state index in [2.05, 4.69) is 10.6 Å². The largest absolute Gasteiger partial charge is 0.478 e. The minimum absolute atomic E-state index is 0.0897. The van der Waals surface area contributed by atoms with Crippen molar-refractivity contribution in [2.24, 2.45) is 0 Å². The molecule has 1 aliphatic rings. The number of carboxylic acids is 1. The van der Waals surface area contributed by atoms with E-state index in [-0.39, 0.29) is 11.3 Å². The molecule has 116 valence electrons. The van der Waals surface area contributed by atoms with Gasteiger partial charge in [0.2, 0.25) is 0 Å². The number of hydrogen-bond donors (Lipinski definition) is 3. The highest BCUT2D eigenvalue weighted by Crippen LogP contribution is 2.27. The molecule has 0 atom stereocenters. The molecule has 0 bridgehead atoms. The molecule has 1 fully saturated rings. The van der Waals surface area contributed by atoms with Gasteiger partial charge in [-0.2, -0.15) is 0 Å². The predicted octanol–water partition coefficient (Wildman–Crippen LogP) is 2.13. The van der Waals surface area contributed by atoms with Gasteiger partial charge in [-0.15, -0.1) is 0 Å². The van der Waals surface area contributed by atoms with E-state index < -0.39 is 17.9 Å². The summed E-state index contributed by atoms with van der Waals surface area (Å²) in [4.78, 5) is 33.6. The van der Waals surface area contributed by atoms with Crippen LogP contribution < -0.4 is 10.6 Å². The van der Waals surface area contributed by atoms with Crippen LogP contribution >= 0.6 is 0 Å². The summed E-state index contributed by atoms with van der Waals surface area (Å²) < 4.78 is 5.63. The number of rotatable bonds is 3. The molecule has 2 heterocycles. The number of hydrogen-bond acceptors (Lipinski definition) is 4. The number of aromatic carboxylic acids is 1. The van der Waals surface area contributed by atoms with Gasteiger partial charge in [-0.1, -0.05) is 6.07 Å². The number of aryl methyl sites for hydroxylation is 1. The van der Waals surface area contributed by atoms with E-state index in [1.165, 1.54) is 18.2 Å². The first-order chi connectivity index (χ1) is 10.9. The predicted molar refractivity (Wildman–Crippen MR) is 80.5 cm³/mol. The van der Waals surface area contributed by atoms with Crippen molar-refractivity contribution in [1.29, 1.82) is 0 Å². The zero-order chi connectivity index (χ0) is 16.6. The molecule has 7 heteroatoms. The Bertz CT molecular complexity index is 863. The van der Waals surface area contributed by atoms with Gasteiger partial charge in [0.25, 0.3) is 5.91 Å². The van der Waals surface area contributed by atoms with Crippen molar-refractivity contribution < 1.29 is 23.9 Å². The second kappa shape index (κ2) is 5.45. The summed E-state index contributed by atoms with van der Waals surface area (Å²) in [5, 5.41) is 13.5. The van der Waals surface area contributed by atoms with E-state index in [0.29, 0.717) is 17.1 Å². The van der Waals surface area contributed by atoms with Crippen molar-refractivity contribution in [2.45, 2.75) is 6.92 Å². The minimum Gasteiger partial charge on any atom is -0.478 e. The second-order valence-corrected chi connectivity index (χ2v) is 5.00. The number of imide groups is 1. The zero-order valence-corrected chi connectivity index (χ0v) is 12.0. The third-order valence-electron chi connectivity index (χ3n) is 3.38. The number of urea groups is 1. The Morgan fingerprint density at radius 2 is 1.96 bits per heavy atom. The van der Waals surface area contributed by atoms with Crippen molar-refractivity contribution in [3.8, 4) is 11.3 Å². The van der Waals surface area contributed by atoms with Crippen molar-refractivity contribution in [3.63, 3.8) is 0 Å². The molecule has 0 unspecified atom stereocenters. The number of furan rings is 1. The van der Waals surface area contributed by atoms with Crippen LogP contribution in [-0.4, -0.2) is 23.0 Å². The molecule has 1 aromatic heterocycles. The van der Waals surface area contributed by atoms with Gasteiger partial charge < -0.3 is 14.8 Å². The molecule has 3 rings (SSSR count). The van der Waals surface area contributed by atoms with Crippen LogP contribution in [0.3, 0.4) is 0 Å². The average molecular weight is 312 g/mol. The molecule has 0 aliphatic carbocycles. The topological polar surface area (TPSA) is 109 Å². The summed E-state index contributed by atoms with van der Waals surface area (Å²) in [6.45, 7) is 1.84. The van der Waals surface area contributed by atoms with E-state index in [1.54, 1.807) is 18.2 Å². The lowest BCUT2D eigenvalue weighted by Gasteiger charge is -2.04. The SMILES string of the molecule is Cc1ccc(C(=O)O)cc1-c1ccc(/C=C2/NC(=O)NC2=O)o1. The van der Waals surface area contributed by atoms with Gasteiger partial charge in [0.15, 0.2) is 0 Å². The standard InChI is InChI=1S/C16H12N2O5/c1-8-2-3-9(15(20)21)6-11(8)13-5-4-10(23-13)7-12-14(19)18-16(22)17-12/h2-7H,1H3,(H,20,21)(H2,17,18,19,22)/b12-7+. The normalized spacial score (nSPS) is 15.6. The lowest BCUT2D eigenvalue weighted by atomic mass is 10.0. The maximum Gasteiger partial charge on any atom is 0.335 e. The van der Waals surface area contributed by atoms with Crippen molar-refractivity contribution >= 4 is 24.0 Å². The number of benzene rings is 1. The van der Waals surface area contributed by atoms with E-state index in [9.17, 15) is 14.4 Å². The van der Waals surface area contributed by atoms with Crippen molar-refractivity contribution in [3.05, 3.63) is 52.9 Å². The Labute approximate surface area is 130 Å². The second-order valence-electron chi connectivity index (χ2n) is 5.00. The Morgan fingerprint density at radius 1 is 1.17 bits per heavy atom. The molecule has 3 amide bonds. The molecular formula is C16H12N2O5. The van der Waals surface area contributed by atoms with Crippen LogP contribution in [0.5, 0.6) is 0 Å². The molecule has 23 heavy (non-hydrogen) atoms. The summed E-state index contributed by atoms with van der Waals surface area (Å²) in [7, 11) is 0. The third-order valence-corrected chi connectivity index (χ3v) is 3.38. The lowest BCUT2D eigenvalue weighted by Crippen LogP contribution is -2.22. The van der Waals surface area contributed by atoms with Gasteiger partial charge in [0.1, 0.15) is 17.2 Å². The molecular weight excluding hydrogens is 300 g/mol. The van der Waals surface area contributed by atoms with E-state index in [4.69, 9.17) is 9.52 Å². The Hall–Kier alpha value is -3.35. The fourth-order valence-corrected chi connectivity index (χ4v) is 2.22. The number of nitrogens with one attached hydrogen (secondary N) is 2. The van der Waals surface area contributed by atoms with E-state index >= 15 is 0 Å². The molecule has 3 N–H and O–H groups in total. The van der Waals surface area contributed by atoms with Crippen molar-refractivity contribution in [2.75, 3.05) is 0 Å². The highest BCUT2D eigenvalue weighted by molar-refractivity contribution is 6.13. The van der Waals surface area contributed by atoms with Crippen LogP contribution in [0.2, 0.25) is 0 Å². The maximum absolute atomic E-state index is 11.5. The zero-order valence-electron chi connectivity index (χ0n) is 12.0. The fourth-order valence-electron chi connectivity index (χ4n) is 2.22. The summed E-state index contributed by atoms with van der Waals surface area (Å²) in [5.41, 5.74) is 1.75. The van der Waals surface area contributed by atoms with Gasteiger partial charge >= 0.3 is 12.0 Å². The van der Waals surface area contributed by atoms with Crippen LogP contribution in [0, 0.1) is 6.92 Å². The Kier molecular flexibility index (Phi) is 3.46. The first-order valence-corrected chi connectivity index (χ1v) is 6.72. The van der Waals surface area contributed by atoms with Crippen molar-refractivity contribution in [1.82, 2.24) is 10.6 Å². The van der Waals surface area contributed by atoms with Crippen LogP contribution in [-0.2, 0) is 4.79 Å². The smallest absolute Gasteiger partial charge is 0.335 e. The van der Waals surface area contributed by atoms with E-state index in [1.807, 2.05) is 6.92 Å². The van der Waals surface area contributed by atoms with E-state index in [0.717, 1.165) is 5.56 Å². The number of amides is 3. The van der Waals surface area contributed by atoms with Gasteiger partial charge in [-0.25, -0.2) is 9.59 Å². The average Bonchev–Trinajstić information content (AvgIpc) is 3.06. The Morgan fingerprint density at radius 3 is 2.61 bits per heavy atom.